The molecule has 1 aliphatic heterocycles. The second-order valence-electron chi connectivity index (χ2n) is 6.23. The second kappa shape index (κ2) is 7.93. The highest BCUT2D eigenvalue weighted by Gasteiger charge is 2.16. The summed E-state index contributed by atoms with van der Waals surface area (Å²) in [5.74, 6) is 0.635. The molecule has 0 bridgehead atoms. The molecule has 1 N–H and O–H groups in total. The molecule has 1 saturated heterocycles. The Balaban J connectivity index is 1.84. The van der Waals surface area contributed by atoms with E-state index >= 15 is 0 Å². The quantitative estimate of drug-likeness (QED) is 0.861. The van der Waals surface area contributed by atoms with E-state index < -0.39 is 9.84 Å². The van der Waals surface area contributed by atoms with Crippen LogP contribution >= 0.6 is 0 Å². The molecule has 1 aromatic carbocycles. The fourth-order valence-electron chi connectivity index (χ4n) is 2.90. The Morgan fingerprint density at radius 2 is 2.00 bits per heavy atom. The zero-order valence-electron chi connectivity index (χ0n) is 13.9. The van der Waals surface area contributed by atoms with Crippen LogP contribution in [0.15, 0.2) is 29.2 Å². The molecule has 1 heterocycles. The maximum Gasteiger partial charge on any atom is 0.251 e. The Labute approximate surface area is 139 Å². The normalized spacial score (nSPS) is 19.5. The molecular formula is C17H26N2O3S. The lowest BCUT2D eigenvalue weighted by Gasteiger charge is -2.30. The molecule has 0 radical (unpaired) electrons. The summed E-state index contributed by atoms with van der Waals surface area (Å²) in [5, 5.41) is 2.90. The van der Waals surface area contributed by atoms with E-state index in [1.165, 1.54) is 25.0 Å². The third-order valence-electron chi connectivity index (χ3n) is 4.31. The van der Waals surface area contributed by atoms with Crippen molar-refractivity contribution in [3.05, 3.63) is 29.8 Å². The van der Waals surface area contributed by atoms with Gasteiger partial charge in [-0.25, -0.2) is 8.42 Å². The van der Waals surface area contributed by atoms with E-state index in [2.05, 4.69) is 17.1 Å². The van der Waals surface area contributed by atoms with Gasteiger partial charge in [0.25, 0.3) is 5.91 Å². The Kier molecular flexibility index (Phi) is 6.18. The maximum atomic E-state index is 12.1. The minimum absolute atomic E-state index is 0.0623. The Hall–Kier alpha value is -1.40. The predicted octanol–water partition coefficient (Wildman–Crippen LogP) is 1.94. The molecule has 2 rings (SSSR count). The first-order chi connectivity index (χ1) is 10.9. The molecule has 128 valence electrons. The van der Waals surface area contributed by atoms with Crippen molar-refractivity contribution < 1.29 is 13.2 Å². The van der Waals surface area contributed by atoms with Crippen LogP contribution in [-0.2, 0) is 9.84 Å². The molecule has 5 nitrogen and oxygen atoms in total. The van der Waals surface area contributed by atoms with Gasteiger partial charge in [-0.1, -0.05) is 13.8 Å². The lowest BCUT2D eigenvalue weighted by molar-refractivity contribution is 0.0943. The SMILES string of the molecule is CCS(=O)(=O)c1ccc(C(=O)NCCN2CCCC(C)C2)cc1. The number of rotatable bonds is 6. The molecule has 1 unspecified atom stereocenters. The van der Waals surface area contributed by atoms with E-state index in [0.29, 0.717) is 12.1 Å². The zero-order chi connectivity index (χ0) is 16.9. The predicted molar refractivity (Wildman–Crippen MR) is 91.3 cm³/mol. The van der Waals surface area contributed by atoms with E-state index in [9.17, 15) is 13.2 Å². The van der Waals surface area contributed by atoms with Crippen LogP contribution in [0.25, 0.3) is 0 Å². The van der Waals surface area contributed by atoms with E-state index in [0.717, 1.165) is 25.6 Å². The lowest BCUT2D eigenvalue weighted by atomic mass is 10.0. The molecule has 0 aliphatic carbocycles. The van der Waals surface area contributed by atoms with Crippen molar-refractivity contribution in [2.45, 2.75) is 31.6 Å². The maximum absolute atomic E-state index is 12.1. The molecular weight excluding hydrogens is 312 g/mol. The summed E-state index contributed by atoms with van der Waals surface area (Å²) in [7, 11) is -3.22. The standard InChI is InChI=1S/C17H26N2O3S/c1-3-23(21,22)16-8-6-15(7-9-16)17(20)18-10-12-19-11-4-5-14(2)13-19/h6-9,14H,3-5,10-13H2,1-2H3,(H,18,20). The highest BCUT2D eigenvalue weighted by molar-refractivity contribution is 7.91. The molecule has 6 heteroatoms. The van der Waals surface area contributed by atoms with Gasteiger partial charge in [0, 0.05) is 25.2 Å². The van der Waals surface area contributed by atoms with Gasteiger partial charge in [-0.2, -0.15) is 0 Å². The fourth-order valence-corrected chi connectivity index (χ4v) is 3.78. The number of carbonyl (C=O) groups excluding carboxylic acids is 1. The minimum atomic E-state index is -3.22. The number of nitrogens with one attached hydrogen (secondary N) is 1. The summed E-state index contributed by atoms with van der Waals surface area (Å²) in [4.78, 5) is 14.7. The highest BCUT2D eigenvalue weighted by Crippen LogP contribution is 2.15. The van der Waals surface area contributed by atoms with Crippen molar-refractivity contribution in [2.24, 2.45) is 5.92 Å². The van der Waals surface area contributed by atoms with Gasteiger partial charge in [-0.05, 0) is 49.6 Å². The summed E-state index contributed by atoms with van der Waals surface area (Å²) < 4.78 is 23.5. The van der Waals surface area contributed by atoms with Crippen LogP contribution in [0.5, 0.6) is 0 Å². The summed E-state index contributed by atoms with van der Waals surface area (Å²) in [6.45, 7) is 7.54. The molecule has 23 heavy (non-hydrogen) atoms. The van der Waals surface area contributed by atoms with Crippen molar-refractivity contribution in [2.75, 3.05) is 31.9 Å². The zero-order valence-corrected chi connectivity index (χ0v) is 14.7. The molecule has 0 saturated carbocycles. The van der Waals surface area contributed by atoms with Crippen molar-refractivity contribution in [3.63, 3.8) is 0 Å². The van der Waals surface area contributed by atoms with Crippen LogP contribution in [0.4, 0.5) is 0 Å². The van der Waals surface area contributed by atoms with Gasteiger partial charge in [0.1, 0.15) is 0 Å². The van der Waals surface area contributed by atoms with E-state index in [4.69, 9.17) is 0 Å². The number of carbonyl (C=O) groups is 1. The Bertz CT molecular complexity index is 626. The number of benzene rings is 1. The monoisotopic (exact) mass is 338 g/mol. The first-order valence-electron chi connectivity index (χ1n) is 8.25. The second-order valence-corrected chi connectivity index (χ2v) is 8.51. The van der Waals surface area contributed by atoms with Crippen LogP contribution in [0, 0.1) is 5.92 Å². The van der Waals surface area contributed by atoms with Crippen molar-refractivity contribution in [1.29, 1.82) is 0 Å². The third kappa shape index (κ3) is 5.04. The van der Waals surface area contributed by atoms with Crippen molar-refractivity contribution in [1.82, 2.24) is 10.2 Å². The summed E-state index contributed by atoms with van der Waals surface area (Å²) in [6, 6.07) is 6.14. The average Bonchev–Trinajstić information content (AvgIpc) is 2.55. The van der Waals surface area contributed by atoms with Crippen molar-refractivity contribution in [3.8, 4) is 0 Å². The molecule has 1 atom stereocenters. The summed E-state index contributed by atoms with van der Waals surface area (Å²) in [5.41, 5.74) is 0.493. The first kappa shape index (κ1) is 17.9. The van der Waals surface area contributed by atoms with Gasteiger partial charge in [0.05, 0.1) is 10.6 Å². The number of piperidine rings is 1. The van der Waals surface area contributed by atoms with E-state index in [1.807, 2.05) is 0 Å². The van der Waals surface area contributed by atoms with Crippen LogP contribution in [0.2, 0.25) is 0 Å². The summed E-state index contributed by atoms with van der Waals surface area (Å²) >= 11 is 0. The average molecular weight is 338 g/mol. The largest absolute Gasteiger partial charge is 0.351 e. The molecule has 1 aromatic rings. The number of likely N-dealkylation sites (tertiary alicyclic amines) is 1. The number of sulfone groups is 1. The molecule has 0 spiro atoms. The van der Waals surface area contributed by atoms with Gasteiger partial charge >= 0.3 is 0 Å². The molecule has 1 amide bonds. The number of nitrogens with zero attached hydrogens (tertiary/aromatic N) is 1. The number of hydrogen-bond acceptors (Lipinski definition) is 4. The van der Waals surface area contributed by atoms with E-state index in [-0.39, 0.29) is 16.6 Å². The van der Waals surface area contributed by atoms with Crippen molar-refractivity contribution >= 4 is 15.7 Å². The van der Waals surface area contributed by atoms with E-state index in [1.54, 1.807) is 19.1 Å². The van der Waals surface area contributed by atoms with Crippen LogP contribution < -0.4 is 5.32 Å². The first-order valence-corrected chi connectivity index (χ1v) is 9.91. The van der Waals surface area contributed by atoms with Gasteiger partial charge in [-0.3, -0.25) is 4.79 Å². The van der Waals surface area contributed by atoms with Gasteiger partial charge < -0.3 is 10.2 Å². The molecule has 1 fully saturated rings. The topological polar surface area (TPSA) is 66.5 Å². The van der Waals surface area contributed by atoms with Gasteiger partial charge in [0.2, 0.25) is 0 Å². The number of amides is 1. The lowest BCUT2D eigenvalue weighted by Crippen LogP contribution is -2.40. The molecule has 0 aromatic heterocycles. The van der Waals surface area contributed by atoms with Crippen LogP contribution in [0.3, 0.4) is 0 Å². The minimum Gasteiger partial charge on any atom is -0.351 e. The third-order valence-corrected chi connectivity index (χ3v) is 6.06. The van der Waals surface area contributed by atoms with Crippen LogP contribution in [0.1, 0.15) is 37.0 Å². The fraction of sp³-hybridized carbons (Fsp3) is 0.588. The smallest absolute Gasteiger partial charge is 0.251 e. The Morgan fingerprint density at radius 3 is 2.61 bits per heavy atom. The van der Waals surface area contributed by atoms with Crippen LogP contribution in [-0.4, -0.2) is 51.2 Å². The summed E-state index contributed by atoms with van der Waals surface area (Å²) in [6.07, 6.45) is 2.51. The Morgan fingerprint density at radius 1 is 1.30 bits per heavy atom. The molecule has 1 aliphatic rings. The van der Waals surface area contributed by atoms with Gasteiger partial charge in [0.15, 0.2) is 9.84 Å². The number of hydrogen-bond donors (Lipinski definition) is 1. The highest BCUT2D eigenvalue weighted by atomic mass is 32.2. The van der Waals surface area contributed by atoms with Gasteiger partial charge in [-0.15, -0.1) is 0 Å².